The summed E-state index contributed by atoms with van der Waals surface area (Å²) < 4.78 is 5.60. The highest BCUT2D eigenvalue weighted by Gasteiger charge is 2.26. The number of aromatic nitrogens is 1. The summed E-state index contributed by atoms with van der Waals surface area (Å²) in [6.07, 6.45) is 7.07. The summed E-state index contributed by atoms with van der Waals surface area (Å²) in [7, 11) is 0. The lowest BCUT2D eigenvalue weighted by Crippen LogP contribution is -2.34. The van der Waals surface area contributed by atoms with Gasteiger partial charge in [-0.05, 0) is 31.9 Å². The van der Waals surface area contributed by atoms with Crippen molar-refractivity contribution in [2.45, 2.75) is 32.2 Å². The first-order chi connectivity index (χ1) is 8.83. The highest BCUT2D eigenvalue weighted by atomic mass is 16.5. The van der Waals surface area contributed by atoms with Gasteiger partial charge in [-0.1, -0.05) is 6.92 Å². The van der Waals surface area contributed by atoms with Crippen LogP contribution in [0.2, 0.25) is 0 Å². The maximum Gasteiger partial charge on any atom is 0.0512 e. The minimum Gasteiger partial charge on any atom is -0.398 e. The monoisotopic (exact) mass is 249 g/mol. The van der Waals surface area contributed by atoms with Gasteiger partial charge in [0.25, 0.3) is 0 Å². The maximum atomic E-state index is 6.08. The van der Waals surface area contributed by atoms with Gasteiger partial charge in [0.1, 0.15) is 0 Å². The third-order valence-electron chi connectivity index (χ3n) is 3.50. The molecule has 18 heavy (non-hydrogen) atoms. The van der Waals surface area contributed by atoms with Gasteiger partial charge in [-0.2, -0.15) is 0 Å². The lowest BCUT2D eigenvalue weighted by Gasteiger charge is -2.31. The van der Waals surface area contributed by atoms with Crippen molar-refractivity contribution in [2.75, 3.05) is 25.5 Å². The molecule has 2 unspecified atom stereocenters. The number of ether oxygens (including phenoxy) is 1. The molecule has 100 valence electrons. The second kappa shape index (κ2) is 6.71. The second-order valence-electron chi connectivity index (χ2n) is 4.91. The van der Waals surface area contributed by atoms with Gasteiger partial charge in [0.15, 0.2) is 0 Å². The van der Waals surface area contributed by atoms with Crippen molar-refractivity contribution in [2.24, 2.45) is 5.92 Å². The Morgan fingerprint density at radius 1 is 1.61 bits per heavy atom. The van der Waals surface area contributed by atoms with Crippen molar-refractivity contribution in [1.29, 1.82) is 0 Å². The molecule has 1 aliphatic heterocycles. The van der Waals surface area contributed by atoms with E-state index < -0.39 is 0 Å². The van der Waals surface area contributed by atoms with Crippen molar-refractivity contribution >= 4 is 5.69 Å². The van der Waals surface area contributed by atoms with Gasteiger partial charge in [-0.25, -0.2) is 0 Å². The molecule has 2 rings (SSSR count). The molecule has 0 spiro atoms. The second-order valence-corrected chi connectivity index (χ2v) is 4.91. The molecule has 0 saturated carbocycles. The lowest BCUT2D eigenvalue weighted by molar-refractivity contribution is 0.0391. The molecule has 3 N–H and O–H groups in total. The summed E-state index contributed by atoms with van der Waals surface area (Å²) in [5, 5.41) is 3.60. The molecule has 1 saturated heterocycles. The van der Waals surface area contributed by atoms with E-state index in [2.05, 4.69) is 17.2 Å². The van der Waals surface area contributed by atoms with Crippen LogP contribution in [0.5, 0.6) is 0 Å². The van der Waals surface area contributed by atoms with Crippen LogP contribution in [0.3, 0.4) is 0 Å². The smallest absolute Gasteiger partial charge is 0.0512 e. The summed E-state index contributed by atoms with van der Waals surface area (Å²) >= 11 is 0. The zero-order valence-corrected chi connectivity index (χ0v) is 11.1. The molecule has 0 bridgehead atoms. The van der Waals surface area contributed by atoms with Gasteiger partial charge in [0.2, 0.25) is 0 Å². The van der Waals surface area contributed by atoms with Crippen LogP contribution in [0.15, 0.2) is 18.5 Å². The molecule has 4 nitrogen and oxygen atoms in total. The third-order valence-corrected chi connectivity index (χ3v) is 3.50. The fourth-order valence-electron chi connectivity index (χ4n) is 2.54. The summed E-state index contributed by atoms with van der Waals surface area (Å²) in [5.41, 5.74) is 8.01. The lowest BCUT2D eigenvalue weighted by atomic mass is 9.88. The Morgan fingerprint density at radius 3 is 3.17 bits per heavy atom. The van der Waals surface area contributed by atoms with E-state index in [0.29, 0.717) is 5.92 Å². The summed E-state index contributed by atoms with van der Waals surface area (Å²) in [5.74, 6) is 0.497. The van der Waals surface area contributed by atoms with Crippen LogP contribution in [0.4, 0.5) is 5.69 Å². The number of rotatable bonds is 5. The molecule has 0 amide bonds. The van der Waals surface area contributed by atoms with E-state index in [0.717, 1.165) is 43.9 Å². The number of nitrogens with zero attached hydrogens (tertiary/aromatic N) is 1. The predicted octanol–water partition coefficient (Wildman–Crippen LogP) is 2.13. The minimum absolute atomic E-state index is 0.263. The molecule has 2 atom stereocenters. The van der Waals surface area contributed by atoms with Gasteiger partial charge in [0, 0.05) is 42.2 Å². The molecular formula is C14H23N3O. The molecule has 0 aromatic carbocycles. The molecule has 1 aromatic heterocycles. The Bertz CT molecular complexity index is 364. The first-order valence-corrected chi connectivity index (χ1v) is 6.83. The van der Waals surface area contributed by atoms with E-state index in [1.807, 2.05) is 12.3 Å². The Balaban J connectivity index is 2.15. The molecule has 1 fully saturated rings. The number of nitrogens with one attached hydrogen (secondary N) is 1. The minimum atomic E-state index is 0.263. The van der Waals surface area contributed by atoms with Gasteiger partial charge < -0.3 is 15.8 Å². The molecule has 0 aliphatic carbocycles. The van der Waals surface area contributed by atoms with Crippen molar-refractivity contribution < 1.29 is 4.74 Å². The standard InChI is InChI=1S/C14H23N3O/c1-2-6-17-14(11-4-3-8-18-10-11)12-9-16-7-5-13(12)15/h5,7,9,11,14,17H,2-4,6,8,10H2,1H3,(H2,15,16). The predicted molar refractivity (Wildman–Crippen MR) is 73.2 cm³/mol. The van der Waals surface area contributed by atoms with Crippen LogP contribution >= 0.6 is 0 Å². The van der Waals surface area contributed by atoms with E-state index in [1.165, 1.54) is 6.42 Å². The Kier molecular flexibility index (Phi) is 4.96. The van der Waals surface area contributed by atoms with E-state index >= 15 is 0 Å². The molecule has 4 heteroatoms. The molecule has 1 aliphatic rings. The van der Waals surface area contributed by atoms with Crippen molar-refractivity contribution in [3.8, 4) is 0 Å². The number of hydrogen-bond donors (Lipinski definition) is 2. The Labute approximate surface area is 109 Å². The summed E-state index contributed by atoms with van der Waals surface area (Å²) in [6.45, 7) is 4.87. The molecule has 0 radical (unpaired) electrons. The van der Waals surface area contributed by atoms with Gasteiger partial charge in [0.05, 0.1) is 6.61 Å². The van der Waals surface area contributed by atoms with E-state index in [9.17, 15) is 0 Å². The van der Waals surface area contributed by atoms with Crippen molar-refractivity contribution in [3.63, 3.8) is 0 Å². The fourth-order valence-corrected chi connectivity index (χ4v) is 2.54. The van der Waals surface area contributed by atoms with Gasteiger partial charge in [-0.3, -0.25) is 4.98 Å². The average Bonchev–Trinajstić information content (AvgIpc) is 2.42. The number of pyridine rings is 1. The van der Waals surface area contributed by atoms with Crippen LogP contribution < -0.4 is 11.1 Å². The molecule has 2 heterocycles. The van der Waals surface area contributed by atoms with Crippen LogP contribution in [0.25, 0.3) is 0 Å². The third kappa shape index (κ3) is 3.21. The highest BCUT2D eigenvalue weighted by molar-refractivity contribution is 5.46. The summed E-state index contributed by atoms with van der Waals surface area (Å²) in [6, 6.07) is 2.14. The molecular weight excluding hydrogens is 226 g/mol. The van der Waals surface area contributed by atoms with Crippen LogP contribution in [0, 0.1) is 5.92 Å². The number of anilines is 1. The zero-order chi connectivity index (χ0) is 12.8. The quantitative estimate of drug-likeness (QED) is 0.839. The van der Waals surface area contributed by atoms with Crippen molar-refractivity contribution in [3.05, 3.63) is 24.0 Å². The fraction of sp³-hybridized carbons (Fsp3) is 0.643. The zero-order valence-electron chi connectivity index (χ0n) is 11.1. The van der Waals surface area contributed by atoms with Gasteiger partial charge >= 0.3 is 0 Å². The molecule has 1 aromatic rings. The van der Waals surface area contributed by atoms with E-state index in [4.69, 9.17) is 10.5 Å². The summed E-state index contributed by atoms with van der Waals surface area (Å²) in [4.78, 5) is 4.21. The highest BCUT2D eigenvalue weighted by Crippen LogP contribution is 2.31. The maximum absolute atomic E-state index is 6.08. The topological polar surface area (TPSA) is 60.2 Å². The van der Waals surface area contributed by atoms with E-state index in [-0.39, 0.29) is 6.04 Å². The largest absolute Gasteiger partial charge is 0.398 e. The first kappa shape index (κ1) is 13.3. The Hall–Kier alpha value is -1.13. The van der Waals surface area contributed by atoms with Crippen LogP contribution in [0.1, 0.15) is 37.8 Å². The Morgan fingerprint density at radius 2 is 2.50 bits per heavy atom. The number of nitrogen functional groups attached to an aromatic ring is 1. The number of hydrogen-bond acceptors (Lipinski definition) is 4. The van der Waals surface area contributed by atoms with Crippen molar-refractivity contribution in [1.82, 2.24) is 10.3 Å². The van der Waals surface area contributed by atoms with Crippen LogP contribution in [-0.4, -0.2) is 24.7 Å². The SMILES string of the molecule is CCCNC(c1cnccc1N)C1CCCOC1. The van der Waals surface area contributed by atoms with Crippen LogP contribution in [-0.2, 0) is 4.74 Å². The average molecular weight is 249 g/mol. The number of nitrogens with two attached hydrogens (primary N) is 1. The van der Waals surface area contributed by atoms with Gasteiger partial charge in [-0.15, -0.1) is 0 Å². The normalized spacial score (nSPS) is 21.7. The van der Waals surface area contributed by atoms with E-state index in [1.54, 1.807) is 6.20 Å². The first-order valence-electron chi connectivity index (χ1n) is 6.83.